The molecule has 0 saturated heterocycles. The van der Waals surface area contributed by atoms with Gasteiger partial charge < -0.3 is 0 Å². The summed E-state index contributed by atoms with van der Waals surface area (Å²) in [5, 5.41) is 0. The summed E-state index contributed by atoms with van der Waals surface area (Å²) in [5.41, 5.74) is 0. The van der Waals surface area contributed by atoms with E-state index in [0.29, 0.717) is 0 Å². The molecule has 0 bridgehead atoms. The first-order valence-electron chi connectivity index (χ1n) is 8.26. The van der Waals surface area contributed by atoms with E-state index in [2.05, 4.69) is 39.8 Å². The topological polar surface area (TPSA) is 15.6 Å². The summed E-state index contributed by atoms with van der Waals surface area (Å²) in [6, 6.07) is 0. The minimum absolute atomic E-state index is 1.23. The molecule has 0 saturated carbocycles. The van der Waals surface area contributed by atoms with Crippen LogP contribution in [0.25, 0.3) is 0 Å². The van der Waals surface area contributed by atoms with Gasteiger partial charge in [-0.15, -0.1) is 0 Å². The van der Waals surface area contributed by atoms with Crippen molar-refractivity contribution in [3.05, 3.63) is 0 Å². The molecule has 0 rings (SSSR count). The fourth-order valence-electron chi connectivity index (χ4n) is 2.67. The van der Waals surface area contributed by atoms with Gasteiger partial charge in [-0.3, -0.25) is 0 Å². The van der Waals surface area contributed by atoms with Crippen LogP contribution in [0.1, 0.15) is 59.3 Å². The van der Waals surface area contributed by atoms with Gasteiger partial charge in [0.15, 0.2) is 0 Å². The summed E-state index contributed by atoms with van der Waals surface area (Å²) in [5.74, 6) is 0. The maximum atomic E-state index is 4.80. The maximum absolute atomic E-state index is 4.80. The van der Waals surface area contributed by atoms with E-state index in [1.165, 1.54) is 43.1 Å². The van der Waals surface area contributed by atoms with Crippen molar-refractivity contribution in [1.82, 2.24) is 4.90 Å². The van der Waals surface area contributed by atoms with Gasteiger partial charge in [-0.05, 0) is 0 Å². The van der Waals surface area contributed by atoms with E-state index >= 15 is 0 Å². The van der Waals surface area contributed by atoms with Crippen LogP contribution in [-0.2, 0) is 0 Å². The van der Waals surface area contributed by atoms with E-state index in [9.17, 15) is 0 Å². The number of rotatable bonds is 12. The van der Waals surface area contributed by atoms with Crippen molar-refractivity contribution in [2.45, 2.75) is 72.6 Å². The second kappa shape index (κ2) is 12.0. The first-order chi connectivity index (χ1) is 9.10. The van der Waals surface area contributed by atoms with E-state index in [4.69, 9.17) is 4.99 Å². The molecule has 0 aliphatic heterocycles. The van der Waals surface area contributed by atoms with Crippen LogP contribution in [0.15, 0.2) is 4.99 Å². The van der Waals surface area contributed by atoms with Gasteiger partial charge in [0.25, 0.3) is 0 Å². The molecule has 0 aliphatic carbocycles. The molecule has 0 spiro atoms. The molecule has 0 aromatic carbocycles. The van der Waals surface area contributed by atoms with Crippen molar-refractivity contribution < 1.29 is 0 Å². The Morgan fingerprint density at radius 1 is 0.842 bits per heavy atom. The third-order valence-electron chi connectivity index (χ3n) is 3.92. The van der Waals surface area contributed by atoms with Crippen LogP contribution < -0.4 is 0 Å². The number of unbranched alkanes of at least 4 members (excludes halogenated alkanes) is 3. The molecule has 3 heteroatoms. The van der Waals surface area contributed by atoms with E-state index in [-0.39, 0.29) is 0 Å². The monoisotopic (exact) mass is 376 g/mol. The van der Waals surface area contributed by atoms with Crippen LogP contribution >= 0.6 is 0 Å². The minimum atomic E-state index is -1.98. The molecule has 0 unspecified atom stereocenters. The molecular formula is C16H36N2Sn. The van der Waals surface area contributed by atoms with Gasteiger partial charge in [0.05, 0.1) is 0 Å². The summed E-state index contributed by atoms with van der Waals surface area (Å²) >= 11 is -1.98. The summed E-state index contributed by atoms with van der Waals surface area (Å²) in [6.07, 6.45) is 10.4. The Morgan fingerprint density at radius 2 is 1.26 bits per heavy atom. The normalized spacial score (nSPS) is 12.3. The molecular weight excluding hydrogens is 339 g/mol. The number of aliphatic imine (C=N–C) groups is 1. The molecule has 0 N–H and O–H groups in total. The fourth-order valence-corrected chi connectivity index (χ4v) is 16.9. The van der Waals surface area contributed by atoms with Gasteiger partial charge in [0.1, 0.15) is 0 Å². The van der Waals surface area contributed by atoms with E-state index in [0.717, 1.165) is 0 Å². The third kappa shape index (κ3) is 9.75. The van der Waals surface area contributed by atoms with Crippen molar-refractivity contribution in [1.29, 1.82) is 0 Å². The predicted molar refractivity (Wildman–Crippen MR) is 91.9 cm³/mol. The second-order valence-corrected chi connectivity index (χ2v) is 20.0. The summed E-state index contributed by atoms with van der Waals surface area (Å²) < 4.78 is 5.93. The van der Waals surface area contributed by atoms with Crippen LogP contribution in [0.2, 0.25) is 13.3 Å². The Labute approximate surface area is 125 Å². The van der Waals surface area contributed by atoms with Gasteiger partial charge in [-0.1, -0.05) is 0 Å². The fraction of sp³-hybridized carbons (Fsp3) is 0.938. The molecule has 114 valence electrons. The molecule has 0 atom stereocenters. The average Bonchev–Trinajstić information content (AvgIpc) is 2.39. The summed E-state index contributed by atoms with van der Waals surface area (Å²) in [7, 11) is 4.15. The number of hydrogen-bond acceptors (Lipinski definition) is 1. The Bertz CT molecular complexity index is 205. The van der Waals surface area contributed by atoms with E-state index in [1.807, 2.05) is 6.34 Å². The van der Waals surface area contributed by atoms with E-state index < -0.39 is 18.4 Å². The third-order valence-corrected chi connectivity index (χ3v) is 18.5. The molecule has 0 aromatic heterocycles. The van der Waals surface area contributed by atoms with Crippen molar-refractivity contribution in [3.63, 3.8) is 0 Å². The average molecular weight is 375 g/mol. The van der Waals surface area contributed by atoms with Crippen LogP contribution in [0.4, 0.5) is 0 Å². The quantitative estimate of drug-likeness (QED) is 0.267. The standard InChI is InChI=1S/C4H9N2.3C4H9.Sn/c1-5-4-6(2)3;3*1-3-4-2;/h4H,1H2,2-3H3;3*1,3-4H2,2H3;/b5-4+;;;;. The van der Waals surface area contributed by atoms with Crippen molar-refractivity contribution in [2.75, 3.05) is 18.7 Å². The second-order valence-electron chi connectivity index (χ2n) is 6.23. The molecule has 0 heterocycles. The molecule has 0 aliphatic rings. The van der Waals surface area contributed by atoms with Gasteiger partial charge in [0, 0.05) is 0 Å². The van der Waals surface area contributed by atoms with E-state index in [1.54, 1.807) is 13.3 Å². The zero-order valence-corrected chi connectivity index (χ0v) is 16.9. The van der Waals surface area contributed by atoms with Crippen molar-refractivity contribution >= 4 is 24.7 Å². The van der Waals surface area contributed by atoms with Gasteiger partial charge in [-0.25, -0.2) is 0 Å². The Hall–Kier alpha value is 0.269. The number of hydrogen-bond donors (Lipinski definition) is 0. The predicted octanol–water partition coefficient (Wildman–Crippen LogP) is 4.96. The van der Waals surface area contributed by atoms with Gasteiger partial charge in [0.2, 0.25) is 0 Å². The molecule has 0 radical (unpaired) electrons. The number of nitrogens with zero attached hydrogens (tertiary/aromatic N) is 2. The Kier molecular flexibility index (Phi) is 12.2. The first kappa shape index (κ1) is 19.3. The van der Waals surface area contributed by atoms with Gasteiger partial charge >= 0.3 is 126 Å². The molecule has 2 nitrogen and oxygen atoms in total. The molecule has 0 aromatic rings. The van der Waals surface area contributed by atoms with Crippen LogP contribution in [0.3, 0.4) is 0 Å². The van der Waals surface area contributed by atoms with Crippen molar-refractivity contribution in [3.8, 4) is 0 Å². The Balaban J connectivity index is 4.65. The van der Waals surface area contributed by atoms with Gasteiger partial charge in [-0.2, -0.15) is 0 Å². The molecule has 0 amide bonds. The zero-order valence-electron chi connectivity index (χ0n) is 14.0. The summed E-state index contributed by atoms with van der Waals surface area (Å²) in [4.78, 5) is 6.88. The van der Waals surface area contributed by atoms with Crippen molar-refractivity contribution in [2.24, 2.45) is 4.99 Å². The SMILES string of the molecule is CCC[CH2][Sn]([CH2]CCC)([CH2]CCC)[CH2]/N=C/N(C)C. The summed E-state index contributed by atoms with van der Waals surface area (Å²) in [6.45, 7) is 7.00. The first-order valence-corrected chi connectivity index (χ1v) is 16.3. The molecule has 0 fully saturated rings. The zero-order chi connectivity index (χ0) is 14.6. The van der Waals surface area contributed by atoms with Crippen LogP contribution in [0, 0.1) is 0 Å². The molecule has 19 heavy (non-hydrogen) atoms. The van der Waals surface area contributed by atoms with Crippen LogP contribution in [0.5, 0.6) is 0 Å². The van der Waals surface area contributed by atoms with Crippen LogP contribution in [-0.4, -0.2) is 48.3 Å². The Morgan fingerprint density at radius 3 is 1.58 bits per heavy atom.